The lowest BCUT2D eigenvalue weighted by molar-refractivity contribution is -0.126. The van der Waals surface area contributed by atoms with Crippen LogP contribution in [0.5, 0.6) is 0 Å². The van der Waals surface area contributed by atoms with Crippen molar-refractivity contribution in [2.45, 2.75) is 59.0 Å². The van der Waals surface area contributed by atoms with E-state index in [0.717, 1.165) is 6.42 Å². The minimum absolute atomic E-state index is 0.0649. The van der Waals surface area contributed by atoms with E-state index in [0.29, 0.717) is 6.42 Å². The van der Waals surface area contributed by atoms with Crippen molar-refractivity contribution in [2.75, 3.05) is 6.61 Å². The van der Waals surface area contributed by atoms with E-state index in [1.165, 1.54) is 0 Å². The van der Waals surface area contributed by atoms with Gasteiger partial charge in [-0.15, -0.1) is 0 Å². The highest BCUT2D eigenvalue weighted by Gasteiger charge is 2.32. The smallest absolute Gasteiger partial charge is 0.237 e. The zero-order chi connectivity index (χ0) is 13.0. The SMILES string of the molecule is CCC(C)(CCO)NC(=O)[C@@H](N)C(C)(C)C. The largest absolute Gasteiger partial charge is 0.396 e. The molecule has 0 aromatic rings. The van der Waals surface area contributed by atoms with Crippen molar-refractivity contribution in [1.29, 1.82) is 0 Å². The molecule has 0 aromatic heterocycles. The van der Waals surface area contributed by atoms with Crippen molar-refractivity contribution in [3.05, 3.63) is 0 Å². The van der Waals surface area contributed by atoms with Crippen molar-refractivity contribution in [3.8, 4) is 0 Å². The Morgan fingerprint density at radius 1 is 1.38 bits per heavy atom. The predicted molar refractivity (Wildman–Crippen MR) is 66.0 cm³/mol. The van der Waals surface area contributed by atoms with Crippen molar-refractivity contribution >= 4 is 5.91 Å². The van der Waals surface area contributed by atoms with E-state index in [1.807, 2.05) is 34.6 Å². The summed E-state index contributed by atoms with van der Waals surface area (Å²) in [5, 5.41) is 11.9. The molecule has 96 valence electrons. The van der Waals surface area contributed by atoms with E-state index >= 15 is 0 Å². The molecule has 1 amide bonds. The van der Waals surface area contributed by atoms with Crippen molar-refractivity contribution in [1.82, 2.24) is 5.32 Å². The summed E-state index contributed by atoms with van der Waals surface area (Å²) in [5.41, 5.74) is 5.26. The molecule has 0 aliphatic rings. The van der Waals surface area contributed by atoms with Gasteiger partial charge in [-0.3, -0.25) is 4.79 Å². The average Bonchev–Trinajstić information content (AvgIpc) is 2.15. The second-order valence-corrected chi connectivity index (χ2v) is 5.72. The molecule has 0 rings (SSSR count). The molecule has 0 aliphatic heterocycles. The first-order valence-electron chi connectivity index (χ1n) is 5.85. The Balaban J connectivity index is 4.53. The van der Waals surface area contributed by atoms with E-state index < -0.39 is 6.04 Å². The minimum atomic E-state index is -0.530. The summed E-state index contributed by atoms with van der Waals surface area (Å²) in [6.45, 7) is 9.79. The fraction of sp³-hybridized carbons (Fsp3) is 0.917. The Morgan fingerprint density at radius 2 is 1.88 bits per heavy atom. The Hall–Kier alpha value is -0.610. The van der Waals surface area contributed by atoms with Gasteiger partial charge < -0.3 is 16.2 Å². The Kier molecular flexibility index (Phi) is 5.42. The lowest BCUT2D eigenvalue weighted by Gasteiger charge is -2.33. The molecule has 0 saturated heterocycles. The molecule has 0 bridgehead atoms. The van der Waals surface area contributed by atoms with Crippen LogP contribution in [0.25, 0.3) is 0 Å². The number of aliphatic hydroxyl groups excluding tert-OH is 1. The number of nitrogens with two attached hydrogens (primary N) is 1. The molecule has 4 nitrogen and oxygen atoms in total. The van der Waals surface area contributed by atoms with Crippen LogP contribution < -0.4 is 11.1 Å². The number of amides is 1. The number of aliphatic hydroxyl groups is 1. The van der Waals surface area contributed by atoms with Crippen LogP contribution in [0.4, 0.5) is 0 Å². The van der Waals surface area contributed by atoms with E-state index in [1.54, 1.807) is 0 Å². The minimum Gasteiger partial charge on any atom is -0.396 e. The van der Waals surface area contributed by atoms with Crippen LogP contribution >= 0.6 is 0 Å². The molecule has 16 heavy (non-hydrogen) atoms. The van der Waals surface area contributed by atoms with Crippen LogP contribution in [-0.2, 0) is 4.79 Å². The highest BCUT2D eigenvalue weighted by atomic mass is 16.3. The monoisotopic (exact) mass is 230 g/mol. The fourth-order valence-electron chi connectivity index (χ4n) is 1.34. The first-order chi connectivity index (χ1) is 7.16. The molecule has 2 atom stereocenters. The maximum Gasteiger partial charge on any atom is 0.237 e. The number of carbonyl (C=O) groups is 1. The number of carbonyl (C=O) groups excluding carboxylic acids is 1. The summed E-state index contributed by atoms with van der Waals surface area (Å²) in [6.07, 6.45) is 1.32. The second kappa shape index (κ2) is 5.64. The molecule has 0 fully saturated rings. The molecule has 0 aromatic carbocycles. The topological polar surface area (TPSA) is 75.3 Å². The summed E-state index contributed by atoms with van der Waals surface area (Å²) in [4.78, 5) is 11.9. The van der Waals surface area contributed by atoms with Crippen LogP contribution in [0.1, 0.15) is 47.5 Å². The van der Waals surface area contributed by atoms with E-state index in [9.17, 15) is 4.79 Å². The fourth-order valence-corrected chi connectivity index (χ4v) is 1.34. The third-order valence-electron chi connectivity index (χ3n) is 3.08. The Bertz CT molecular complexity index is 236. The molecular formula is C12H26N2O2. The zero-order valence-corrected chi connectivity index (χ0v) is 11.1. The maximum atomic E-state index is 11.9. The first kappa shape index (κ1) is 15.4. The summed E-state index contributed by atoms with van der Waals surface area (Å²) < 4.78 is 0. The Morgan fingerprint density at radius 3 is 2.19 bits per heavy atom. The van der Waals surface area contributed by atoms with Gasteiger partial charge in [0.05, 0.1) is 6.04 Å². The summed E-state index contributed by atoms with van der Waals surface area (Å²) in [7, 11) is 0. The third-order valence-corrected chi connectivity index (χ3v) is 3.08. The summed E-state index contributed by atoms with van der Waals surface area (Å²) in [6, 6.07) is -0.530. The van der Waals surface area contributed by atoms with Crippen molar-refractivity contribution < 1.29 is 9.90 Å². The lowest BCUT2D eigenvalue weighted by Crippen LogP contribution is -2.55. The van der Waals surface area contributed by atoms with Crippen molar-refractivity contribution in [2.24, 2.45) is 11.1 Å². The Labute approximate surface area is 98.6 Å². The van der Waals surface area contributed by atoms with Gasteiger partial charge in [0.2, 0.25) is 5.91 Å². The summed E-state index contributed by atoms with van der Waals surface area (Å²) >= 11 is 0. The standard InChI is InChI=1S/C12H26N2O2/c1-6-12(5,7-8-15)14-10(16)9(13)11(2,3)4/h9,15H,6-8,13H2,1-5H3,(H,14,16)/t9-,12?/m1/s1. The van der Waals surface area contributed by atoms with Crippen LogP contribution in [0.15, 0.2) is 0 Å². The van der Waals surface area contributed by atoms with Crippen LogP contribution in [0, 0.1) is 5.41 Å². The van der Waals surface area contributed by atoms with Gasteiger partial charge in [-0.2, -0.15) is 0 Å². The first-order valence-corrected chi connectivity index (χ1v) is 5.85. The van der Waals surface area contributed by atoms with Gasteiger partial charge in [-0.1, -0.05) is 27.7 Å². The predicted octanol–water partition coefficient (Wildman–Crippen LogP) is 1.03. The lowest BCUT2D eigenvalue weighted by atomic mass is 9.85. The van der Waals surface area contributed by atoms with Crippen molar-refractivity contribution in [3.63, 3.8) is 0 Å². The number of hydrogen-bond donors (Lipinski definition) is 3. The molecular weight excluding hydrogens is 204 g/mol. The van der Waals surface area contributed by atoms with Gasteiger partial charge in [-0.05, 0) is 25.2 Å². The van der Waals surface area contributed by atoms with E-state index in [2.05, 4.69) is 5.32 Å². The highest BCUT2D eigenvalue weighted by molar-refractivity contribution is 5.83. The average molecular weight is 230 g/mol. The second-order valence-electron chi connectivity index (χ2n) is 5.72. The molecule has 0 heterocycles. The van der Waals surface area contributed by atoms with Gasteiger partial charge >= 0.3 is 0 Å². The van der Waals surface area contributed by atoms with Crippen LogP contribution in [-0.4, -0.2) is 29.2 Å². The van der Waals surface area contributed by atoms with Gasteiger partial charge in [0.15, 0.2) is 0 Å². The van der Waals surface area contributed by atoms with E-state index in [4.69, 9.17) is 10.8 Å². The molecule has 0 aliphatic carbocycles. The number of nitrogens with one attached hydrogen (secondary N) is 1. The molecule has 4 N–H and O–H groups in total. The van der Waals surface area contributed by atoms with Gasteiger partial charge in [0, 0.05) is 12.1 Å². The third kappa shape index (κ3) is 4.49. The van der Waals surface area contributed by atoms with Gasteiger partial charge in [0.25, 0.3) is 0 Å². The summed E-state index contributed by atoms with van der Waals surface area (Å²) in [5.74, 6) is -0.148. The molecule has 4 heteroatoms. The normalized spacial score (nSPS) is 17.7. The van der Waals surface area contributed by atoms with Gasteiger partial charge in [0.1, 0.15) is 0 Å². The maximum absolute atomic E-state index is 11.9. The molecule has 1 unspecified atom stereocenters. The van der Waals surface area contributed by atoms with Crippen LogP contribution in [0.3, 0.4) is 0 Å². The highest BCUT2D eigenvalue weighted by Crippen LogP contribution is 2.20. The van der Waals surface area contributed by atoms with E-state index in [-0.39, 0.29) is 23.5 Å². The molecule has 0 spiro atoms. The molecule has 0 saturated carbocycles. The van der Waals surface area contributed by atoms with Crippen LogP contribution in [0.2, 0.25) is 0 Å². The molecule has 0 radical (unpaired) electrons. The number of rotatable bonds is 5. The zero-order valence-electron chi connectivity index (χ0n) is 11.1. The quantitative estimate of drug-likeness (QED) is 0.660. The number of hydrogen-bond acceptors (Lipinski definition) is 3. The van der Waals surface area contributed by atoms with Gasteiger partial charge in [-0.25, -0.2) is 0 Å².